The van der Waals surface area contributed by atoms with Crippen LogP contribution in [0.15, 0.2) is 77.5 Å². The summed E-state index contributed by atoms with van der Waals surface area (Å²) in [7, 11) is 0. The van der Waals surface area contributed by atoms with Crippen molar-refractivity contribution in [2.24, 2.45) is 4.99 Å². The minimum atomic E-state index is -0.520. The summed E-state index contributed by atoms with van der Waals surface area (Å²) in [6.07, 6.45) is 13.4. The molecule has 1 unspecified atom stereocenters. The third kappa shape index (κ3) is 2.50. The molecule has 0 saturated carbocycles. The smallest absolute Gasteiger partial charge is 0.163 e. The van der Waals surface area contributed by atoms with Crippen molar-refractivity contribution in [1.29, 1.82) is 0 Å². The van der Waals surface area contributed by atoms with Crippen molar-refractivity contribution in [2.75, 3.05) is 0 Å². The Morgan fingerprint density at radius 1 is 1.26 bits per heavy atom. The molecular formula is C18H16N4O. The van der Waals surface area contributed by atoms with E-state index in [1.54, 1.807) is 6.21 Å². The van der Waals surface area contributed by atoms with Crippen molar-refractivity contribution in [3.05, 3.63) is 72.5 Å². The summed E-state index contributed by atoms with van der Waals surface area (Å²) in [6, 6.07) is 7.75. The molecule has 5 nitrogen and oxygen atoms in total. The molecule has 114 valence electrons. The molecule has 0 N–H and O–H groups in total. The van der Waals surface area contributed by atoms with Gasteiger partial charge in [-0.25, -0.2) is 0 Å². The van der Waals surface area contributed by atoms with Crippen LogP contribution in [-0.2, 0) is 0 Å². The fourth-order valence-electron chi connectivity index (χ4n) is 2.84. The van der Waals surface area contributed by atoms with E-state index in [-0.39, 0.29) is 0 Å². The number of hydrogen-bond acceptors (Lipinski definition) is 4. The molecule has 1 aromatic carbocycles. The number of fused-ring (bicyclic) bond motifs is 1. The van der Waals surface area contributed by atoms with Crippen LogP contribution in [0.3, 0.4) is 0 Å². The van der Waals surface area contributed by atoms with E-state index in [9.17, 15) is 0 Å². The predicted molar refractivity (Wildman–Crippen MR) is 90.1 cm³/mol. The minimum Gasteiger partial charge on any atom is -0.383 e. The van der Waals surface area contributed by atoms with Crippen molar-refractivity contribution < 1.29 is 4.84 Å². The summed E-state index contributed by atoms with van der Waals surface area (Å²) in [6.45, 7) is 3.98. The van der Waals surface area contributed by atoms with Gasteiger partial charge in [0.2, 0.25) is 0 Å². The first-order valence-corrected chi connectivity index (χ1v) is 7.53. The summed E-state index contributed by atoms with van der Waals surface area (Å²) in [4.78, 5) is 12.0. The van der Waals surface area contributed by atoms with Crippen molar-refractivity contribution >= 4 is 17.2 Å². The summed E-state index contributed by atoms with van der Waals surface area (Å²) in [5, 5.41) is 8.29. The third-order valence-corrected chi connectivity index (χ3v) is 4.07. The maximum atomic E-state index is 6.27. The van der Waals surface area contributed by atoms with Crippen LogP contribution in [0.1, 0.15) is 12.8 Å². The number of allylic oxidation sites excluding steroid dienone is 4. The van der Waals surface area contributed by atoms with Crippen LogP contribution in [0.5, 0.6) is 0 Å². The van der Waals surface area contributed by atoms with Crippen LogP contribution in [-0.4, -0.2) is 27.0 Å². The Bertz CT molecular complexity index is 887. The molecule has 2 aliphatic rings. The van der Waals surface area contributed by atoms with Gasteiger partial charge in [-0.2, -0.15) is 0 Å². The van der Waals surface area contributed by atoms with Crippen LogP contribution in [0.4, 0.5) is 0 Å². The van der Waals surface area contributed by atoms with E-state index in [2.05, 4.69) is 34.0 Å². The minimum absolute atomic E-state index is 0.520. The van der Waals surface area contributed by atoms with Crippen molar-refractivity contribution in [3.63, 3.8) is 0 Å². The molecule has 0 radical (unpaired) electrons. The molecule has 1 aromatic heterocycles. The van der Waals surface area contributed by atoms with Gasteiger partial charge in [-0.05, 0) is 35.1 Å². The van der Waals surface area contributed by atoms with Crippen LogP contribution < -0.4 is 4.84 Å². The SMILES string of the molecule is C=C1N=CC=C1CC1(On2nnc3ccccc32)C=CC=CC1. The van der Waals surface area contributed by atoms with Gasteiger partial charge in [0.1, 0.15) is 11.0 Å². The Labute approximate surface area is 133 Å². The standard InChI is InChI=1S/C18H16N4O/c1-14-15(9-12-19-14)13-18(10-5-2-6-11-18)23-22-17-8-4-3-7-16(17)20-21-22/h2-10,12H,1,11,13H2. The molecule has 5 heteroatoms. The fourth-order valence-corrected chi connectivity index (χ4v) is 2.84. The van der Waals surface area contributed by atoms with Gasteiger partial charge >= 0.3 is 0 Å². The van der Waals surface area contributed by atoms with E-state index in [1.807, 2.05) is 42.5 Å². The average molecular weight is 304 g/mol. The maximum absolute atomic E-state index is 6.27. The van der Waals surface area contributed by atoms with Gasteiger partial charge in [-0.1, -0.05) is 41.8 Å². The molecule has 1 aliphatic heterocycles. The Morgan fingerprint density at radius 2 is 2.17 bits per heavy atom. The molecule has 2 heterocycles. The van der Waals surface area contributed by atoms with Gasteiger partial charge in [-0.15, -0.1) is 5.10 Å². The van der Waals surface area contributed by atoms with E-state index in [0.717, 1.165) is 28.7 Å². The summed E-state index contributed by atoms with van der Waals surface area (Å²) >= 11 is 0. The molecule has 0 saturated heterocycles. The number of aromatic nitrogens is 3. The zero-order chi connectivity index (χ0) is 15.7. The van der Waals surface area contributed by atoms with Crippen LogP contribution >= 0.6 is 0 Å². The van der Waals surface area contributed by atoms with Crippen LogP contribution in [0, 0.1) is 0 Å². The van der Waals surface area contributed by atoms with E-state index < -0.39 is 5.60 Å². The third-order valence-electron chi connectivity index (χ3n) is 4.07. The van der Waals surface area contributed by atoms with E-state index in [4.69, 9.17) is 4.84 Å². The second kappa shape index (κ2) is 5.35. The number of hydrogen-bond donors (Lipinski definition) is 0. The highest BCUT2D eigenvalue weighted by Gasteiger charge is 2.33. The van der Waals surface area contributed by atoms with Crippen molar-refractivity contribution in [3.8, 4) is 0 Å². The highest BCUT2D eigenvalue weighted by Crippen LogP contribution is 2.32. The lowest BCUT2D eigenvalue weighted by Crippen LogP contribution is -2.40. The summed E-state index contributed by atoms with van der Waals surface area (Å²) in [5.74, 6) is 0. The Kier molecular flexibility index (Phi) is 3.19. The van der Waals surface area contributed by atoms with Crippen LogP contribution in [0.2, 0.25) is 0 Å². The molecule has 1 aliphatic carbocycles. The number of para-hydroxylation sites is 1. The van der Waals surface area contributed by atoms with Gasteiger partial charge in [0.15, 0.2) is 5.60 Å². The molecular weight excluding hydrogens is 288 g/mol. The van der Waals surface area contributed by atoms with E-state index in [1.165, 1.54) is 4.85 Å². The lowest BCUT2D eigenvalue weighted by Gasteiger charge is -2.31. The number of aliphatic imine (C=N–C) groups is 1. The van der Waals surface area contributed by atoms with Gasteiger partial charge in [0.25, 0.3) is 0 Å². The lowest BCUT2D eigenvalue weighted by molar-refractivity contribution is -0.0323. The molecule has 0 bridgehead atoms. The number of benzene rings is 1. The summed E-state index contributed by atoms with van der Waals surface area (Å²) in [5.41, 5.74) is 3.01. The first-order chi connectivity index (χ1) is 11.3. The first kappa shape index (κ1) is 13.7. The number of nitrogens with zero attached hydrogens (tertiary/aromatic N) is 4. The topological polar surface area (TPSA) is 52.3 Å². The Morgan fingerprint density at radius 3 is 2.96 bits per heavy atom. The number of rotatable bonds is 4. The average Bonchev–Trinajstić information content (AvgIpc) is 3.16. The largest absolute Gasteiger partial charge is 0.383 e. The van der Waals surface area contributed by atoms with E-state index in [0.29, 0.717) is 6.42 Å². The zero-order valence-electron chi connectivity index (χ0n) is 12.6. The van der Waals surface area contributed by atoms with Crippen molar-refractivity contribution in [2.45, 2.75) is 18.4 Å². The van der Waals surface area contributed by atoms with Gasteiger partial charge in [0.05, 0.1) is 5.70 Å². The fraction of sp³-hybridized carbons (Fsp3) is 0.167. The highest BCUT2D eigenvalue weighted by atomic mass is 16.7. The van der Waals surface area contributed by atoms with E-state index >= 15 is 0 Å². The monoisotopic (exact) mass is 304 g/mol. The molecule has 0 fully saturated rings. The quantitative estimate of drug-likeness (QED) is 0.872. The highest BCUT2D eigenvalue weighted by molar-refractivity contribution is 5.79. The second-order valence-electron chi connectivity index (χ2n) is 5.69. The van der Waals surface area contributed by atoms with Gasteiger partial charge in [-0.3, -0.25) is 4.99 Å². The lowest BCUT2D eigenvalue weighted by atomic mass is 9.87. The Hall–Kier alpha value is -2.95. The molecule has 23 heavy (non-hydrogen) atoms. The second-order valence-corrected chi connectivity index (χ2v) is 5.69. The molecule has 2 aromatic rings. The zero-order valence-corrected chi connectivity index (χ0v) is 12.6. The first-order valence-electron chi connectivity index (χ1n) is 7.53. The molecule has 1 atom stereocenters. The van der Waals surface area contributed by atoms with Gasteiger partial charge < -0.3 is 4.84 Å². The normalized spacial score (nSPS) is 22.8. The van der Waals surface area contributed by atoms with Crippen LogP contribution in [0.25, 0.3) is 11.0 Å². The Balaban J connectivity index is 1.68. The maximum Gasteiger partial charge on any atom is 0.163 e. The van der Waals surface area contributed by atoms with Crippen molar-refractivity contribution in [1.82, 2.24) is 15.2 Å². The van der Waals surface area contributed by atoms with Gasteiger partial charge in [0, 0.05) is 19.1 Å². The summed E-state index contributed by atoms with van der Waals surface area (Å²) < 4.78 is 0. The predicted octanol–water partition coefficient (Wildman–Crippen LogP) is 3.03. The molecule has 0 spiro atoms. The molecule has 0 amide bonds. The molecule has 4 rings (SSSR count).